The molecule has 9 heteroatoms. The first-order valence-electron chi connectivity index (χ1n) is 18.1. The Hall–Kier alpha value is -5.14. The maximum absolute atomic E-state index is 6.50. The summed E-state index contributed by atoms with van der Waals surface area (Å²) in [6, 6.07) is 40.0. The van der Waals surface area contributed by atoms with Crippen LogP contribution in [0.15, 0.2) is 114 Å². The van der Waals surface area contributed by atoms with Crippen molar-refractivity contribution in [2.45, 2.75) is 0 Å². The molecule has 0 radical (unpaired) electrons. The third kappa shape index (κ3) is 4.67. The third-order valence-electron chi connectivity index (χ3n) is 12.3. The number of furan rings is 1. The number of hydrogen-bond donors (Lipinski definition) is 0. The highest BCUT2D eigenvalue weighted by molar-refractivity contribution is 6.71. The van der Waals surface area contributed by atoms with E-state index in [1.165, 1.54) is 109 Å². The van der Waals surface area contributed by atoms with Crippen LogP contribution in [0.5, 0.6) is 0 Å². The minimum Gasteiger partial charge on any atom is -0.456 e. The highest BCUT2D eigenvalue weighted by Gasteiger charge is 2.25. The van der Waals surface area contributed by atoms with Gasteiger partial charge in [0.05, 0.1) is 0 Å². The Morgan fingerprint density at radius 3 is 1.37 bits per heavy atom. The Kier molecular flexibility index (Phi) is 7.30. The molecule has 232 valence electrons. The van der Waals surface area contributed by atoms with Crippen molar-refractivity contribution in [3.63, 3.8) is 0 Å². The molecule has 9 aromatic rings. The zero-order chi connectivity index (χ0) is 35.3. The van der Waals surface area contributed by atoms with Gasteiger partial charge in [-0.3, -0.25) is 0 Å². The Morgan fingerprint density at radius 1 is 0.314 bits per heavy atom. The lowest BCUT2D eigenvalue weighted by Gasteiger charge is -2.28. The molecule has 8 aromatic carbocycles. The summed E-state index contributed by atoms with van der Waals surface area (Å²) < 4.78 is 6.50. The predicted molar refractivity (Wildman–Crippen MR) is 248 cm³/mol. The highest BCUT2D eigenvalue weighted by atomic mass is 16.3. The molecule has 0 bridgehead atoms. The van der Waals surface area contributed by atoms with E-state index >= 15 is 0 Å². The molecule has 0 aliphatic heterocycles. The van der Waals surface area contributed by atoms with Crippen molar-refractivity contribution in [2.75, 3.05) is 0 Å². The van der Waals surface area contributed by atoms with Crippen LogP contribution >= 0.6 is 0 Å². The van der Waals surface area contributed by atoms with Crippen molar-refractivity contribution in [3.05, 3.63) is 109 Å². The van der Waals surface area contributed by atoms with Gasteiger partial charge >= 0.3 is 0 Å². The van der Waals surface area contributed by atoms with E-state index in [0.29, 0.717) is 0 Å². The summed E-state index contributed by atoms with van der Waals surface area (Å²) in [5.74, 6) is 0. The summed E-state index contributed by atoms with van der Waals surface area (Å²) in [4.78, 5) is 0. The molecule has 1 nitrogen and oxygen atoms in total. The van der Waals surface area contributed by atoms with Crippen molar-refractivity contribution in [1.29, 1.82) is 0 Å². The van der Waals surface area contributed by atoms with E-state index < -0.39 is 0 Å². The summed E-state index contributed by atoms with van der Waals surface area (Å²) in [7, 11) is 18.5. The molecule has 0 amide bonds. The lowest BCUT2D eigenvalue weighted by atomic mass is 9.59. The van der Waals surface area contributed by atoms with E-state index in [9.17, 15) is 0 Å². The van der Waals surface area contributed by atoms with Crippen LogP contribution in [0.25, 0.3) is 87.6 Å². The highest BCUT2D eigenvalue weighted by Crippen LogP contribution is 2.42. The van der Waals surface area contributed by atoms with Crippen molar-refractivity contribution < 1.29 is 4.42 Å². The summed E-state index contributed by atoms with van der Waals surface area (Å²) in [6.45, 7) is 0. The summed E-state index contributed by atoms with van der Waals surface area (Å²) in [5, 5.41) is 10.2. The number of rotatable bonds is 3. The maximum Gasteiger partial charge on any atom is 0.139 e. The summed E-state index contributed by atoms with van der Waals surface area (Å²) in [6.07, 6.45) is 0. The monoisotopic (exact) mass is 642 g/mol. The Balaban J connectivity index is 1.40. The average Bonchev–Trinajstić information content (AvgIpc) is 3.54. The minimum absolute atomic E-state index is 0.929. The van der Waals surface area contributed by atoms with Gasteiger partial charge in [-0.1, -0.05) is 107 Å². The number of para-hydroxylation sites is 1. The number of fused-ring (bicyclic) bond motifs is 6. The topological polar surface area (TPSA) is 13.1 Å². The van der Waals surface area contributed by atoms with Crippen molar-refractivity contribution in [3.8, 4) is 33.4 Å². The first-order chi connectivity index (χ1) is 24.6. The molecule has 0 spiro atoms. The van der Waals surface area contributed by atoms with Crippen LogP contribution in [0.2, 0.25) is 0 Å². The standard InChI is InChI=1S/C42H34B8O/c43-35-31-29(21-12-9-20(10-13-21)23-14-11-19-5-1-2-6-22(19)17-23)32-34(38(46)42(50)40(48)36(32)44)30(33(31)37(45)41(49)39(35)47)24-15-16-26-25-7-3-4-8-27(25)51-28(26)18-24/h1-18H,43-50H2. The predicted octanol–water partition coefficient (Wildman–Crippen LogP) is -1.89. The Labute approximate surface area is 306 Å². The van der Waals surface area contributed by atoms with Crippen molar-refractivity contribution in [1.82, 2.24) is 0 Å². The molecule has 1 heterocycles. The largest absolute Gasteiger partial charge is 0.456 e. The fourth-order valence-electron chi connectivity index (χ4n) is 8.78. The zero-order valence-corrected chi connectivity index (χ0v) is 30.8. The second-order valence-electron chi connectivity index (χ2n) is 14.7. The van der Waals surface area contributed by atoms with Crippen LogP contribution in [-0.4, -0.2) is 62.8 Å². The maximum atomic E-state index is 6.50. The van der Waals surface area contributed by atoms with Crippen LogP contribution < -0.4 is 43.7 Å². The molecule has 0 N–H and O–H groups in total. The summed E-state index contributed by atoms with van der Waals surface area (Å²) >= 11 is 0. The fraction of sp³-hybridized carbons (Fsp3) is 0. The first-order valence-corrected chi connectivity index (χ1v) is 18.1. The van der Waals surface area contributed by atoms with E-state index in [4.69, 9.17) is 4.42 Å². The van der Waals surface area contributed by atoms with Crippen molar-refractivity contribution >= 4 is 161 Å². The SMILES string of the molecule is Bc1c(B)c(B)c2c(-c3ccc4c(c3)oc3ccccc34)c3c(B)c(B)c(B)c(B)c3c(-c3ccc(-c4ccc5ccccc5c4)cc3)c2c1B. The molecule has 0 aliphatic carbocycles. The van der Waals surface area contributed by atoms with E-state index in [2.05, 4.69) is 166 Å². The Bertz CT molecular complexity index is 2860. The molecule has 0 fully saturated rings. The van der Waals surface area contributed by atoms with Gasteiger partial charge in [-0.25, -0.2) is 0 Å². The van der Waals surface area contributed by atoms with Crippen molar-refractivity contribution in [2.24, 2.45) is 0 Å². The smallest absolute Gasteiger partial charge is 0.139 e. The Morgan fingerprint density at radius 2 is 0.765 bits per heavy atom. The fourth-order valence-corrected chi connectivity index (χ4v) is 8.78. The molecule has 9 rings (SSSR count). The molecular weight excluding hydrogens is 607 g/mol. The molecular formula is C42H34B8O. The van der Waals surface area contributed by atoms with Crippen LogP contribution in [0, 0.1) is 0 Å². The normalized spacial score (nSPS) is 11.8. The molecule has 0 saturated heterocycles. The van der Waals surface area contributed by atoms with Gasteiger partial charge in [0, 0.05) is 10.8 Å². The van der Waals surface area contributed by atoms with Crippen LogP contribution in [-0.2, 0) is 0 Å². The molecule has 51 heavy (non-hydrogen) atoms. The van der Waals surface area contributed by atoms with E-state index in [-0.39, 0.29) is 0 Å². The molecule has 1 aromatic heterocycles. The van der Waals surface area contributed by atoms with E-state index in [1.807, 2.05) is 6.07 Å². The zero-order valence-electron chi connectivity index (χ0n) is 30.8. The summed E-state index contributed by atoms with van der Waals surface area (Å²) in [5.41, 5.74) is 20.3. The molecule has 0 atom stereocenters. The van der Waals surface area contributed by atoms with Gasteiger partial charge in [0.25, 0.3) is 0 Å². The van der Waals surface area contributed by atoms with Gasteiger partial charge in [0.2, 0.25) is 0 Å². The molecule has 0 unspecified atom stereocenters. The van der Waals surface area contributed by atoms with Gasteiger partial charge in [0.15, 0.2) is 0 Å². The number of hydrogen-bond acceptors (Lipinski definition) is 1. The van der Waals surface area contributed by atoms with Crippen LogP contribution in [0.3, 0.4) is 0 Å². The quantitative estimate of drug-likeness (QED) is 0.163. The third-order valence-corrected chi connectivity index (χ3v) is 12.3. The van der Waals surface area contributed by atoms with E-state index in [1.54, 1.807) is 0 Å². The lowest BCUT2D eigenvalue weighted by Crippen LogP contribution is -2.50. The van der Waals surface area contributed by atoms with Gasteiger partial charge in [-0.05, 0) is 90.0 Å². The van der Waals surface area contributed by atoms with Gasteiger partial charge in [0.1, 0.15) is 73.9 Å². The van der Waals surface area contributed by atoms with Crippen LogP contribution in [0.4, 0.5) is 0 Å². The lowest BCUT2D eigenvalue weighted by molar-refractivity contribution is 0.669. The number of benzene rings is 8. The van der Waals surface area contributed by atoms with Gasteiger partial charge in [-0.2, -0.15) is 0 Å². The van der Waals surface area contributed by atoms with Crippen LogP contribution in [0.1, 0.15) is 0 Å². The second-order valence-corrected chi connectivity index (χ2v) is 14.7. The van der Waals surface area contributed by atoms with E-state index in [0.717, 1.165) is 21.9 Å². The minimum atomic E-state index is 0.929. The molecule has 0 aliphatic rings. The first kappa shape index (κ1) is 31.8. The average molecular weight is 641 g/mol. The molecule has 0 saturated carbocycles. The second kappa shape index (κ2) is 11.7. The van der Waals surface area contributed by atoms with Gasteiger partial charge in [-0.15, -0.1) is 21.9 Å². The van der Waals surface area contributed by atoms with Gasteiger partial charge < -0.3 is 4.42 Å².